The Labute approximate surface area is 109 Å². The molecule has 112 valence electrons. The maximum absolute atomic E-state index is 13.4. The molecule has 1 aromatic rings. The van der Waals surface area contributed by atoms with Crippen molar-refractivity contribution >= 4 is 5.82 Å². The van der Waals surface area contributed by atoms with Gasteiger partial charge in [0.1, 0.15) is 29.9 Å². The van der Waals surface area contributed by atoms with Crippen molar-refractivity contribution in [1.29, 1.82) is 0 Å². The quantitative estimate of drug-likeness (QED) is 0.774. The SMILES string of the molecule is Nc1nc(=O)n(C2CC(F)C(CO)O2)cc1C(F)(F)F. The van der Waals surface area contributed by atoms with Gasteiger partial charge in [-0.1, -0.05) is 0 Å². The van der Waals surface area contributed by atoms with E-state index < -0.39 is 48.4 Å². The number of nitrogens with zero attached hydrogens (tertiary/aromatic N) is 2. The Morgan fingerprint density at radius 3 is 2.70 bits per heavy atom. The predicted octanol–water partition coefficient (Wildman–Crippen LogP) is 0.462. The number of rotatable bonds is 2. The molecule has 0 saturated carbocycles. The zero-order chi connectivity index (χ0) is 15.1. The number of hydrogen-bond acceptors (Lipinski definition) is 5. The van der Waals surface area contributed by atoms with E-state index in [9.17, 15) is 22.4 Å². The molecule has 3 N–H and O–H groups in total. The zero-order valence-corrected chi connectivity index (χ0v) is 9.97. The number of aliphatic hydroxyl groups is 1. The highest BCUT2D eigenvalue weighted by Gasteiger charge is 2.39. The molecule has 6 nitrogen and oxygen atoms in total. The van der Waals surface area contributed by atoms with Crippen LogP contribution < -0.4 is 11.4 Å². The Bertz CT molecular complexity index is 560. The highest BCUT2D eigenvalue weighted by molar-refractivity contribution is 5.39. The number of aliphatic hydroxyl groups excluding tert-OH is 1. The Hall–Kier alpha value is -1.68. The fourth-order valence-corrected chi connectivity index (χ4v) is 1.93. The number of nitrogens with two attached hydrogens (primary N) is 1. The molecule has 1 fully saturated rings. The molecular formula is C10H11F4N3O3. The second-order valence-electron chi connectivity index (χ2n) is 4.29. The molecule has 3 unspecified atom stereocenters. The van der Waals surface area contributed by atoms with E-state index in [1.54, 1.807) is 0 Å². The summed E-state index contributed by atoms with van der Waals surface area (Å²) in [6, 6.07) is 0. The van der Waals surface area contributed by atoms with Crippen LogP contribution in [0, 0.1) is 0 Å². The van der Waals surface area contributed by atoms with E-state index in [2.05, 4.69) is 4.98 Å². The third kappa shape index (κ3) is 2.61. The van der Waals surface area contributed by atoms with Gasteiger partial charge in [0.05, 0.1) is 6.61 Å². The van der Waals surface area contributed by atoms with Gasteiger partial charge in [0, 0.05) is 12.6 Å². The van der Waals surface area contributed by atoms with Crippen LogP contribution in [-0.4, -0.2) is 33.5 Å². The van der Waals surface area contributed by atoms with Crippen molar-refractivity contribution < 1.29 is 27.4 Å². The Morgan fingerprint density at radius 2 is 2.20 bits per heavy atom. The van der Waals surface area contributed by atoms with E-state index >= 15 is 0 Å². The summed E-state index contributed by atoms with van der Waals surface area (Å²) in [7, 11) is 0. The highest BCUT2D eigenvalue weighted by Crippen LogP contribution is 2.34. The summed E-state index contributed by atoms with van der Waals surface area (Å²) >= 11 is 0. The Balaban J connectivity index is 2.41. The fourth-order valence-electron chi connectivity index (χ4n) is 1.93. The van der Waals surface area contributed by atoms with E-state index in [4.69, 9.17) is 15.6 Å². The highest BCUT2D eigenvalue weighted by atomic mass is 19.4. The lowest BCUT2D eigenvalue weighted by Gasteiger charge is -2.17. The zero-order valence-electron chi connectivity index (χ0n) is 9.97. The summed E-state index contributed by atoms with van der Waals surface area (Å²) in [6.45, 7) is -0.638. The summed E-state index contributed by atoms with van der Waals surface area (Å²) in [5.74, 6) is -0.952. The number of ether oxygens (including phenoxy) is 1. The molecule has 0 amide bonds. The van der Waals surface area contributed by atoms with Crippen LogP contribution in [0.15, 0.2) is 11.0 Å². The standard InChI is InChI=1S/C10H11F4N3O3/c11-5-1-7(20-6(5)3-18)17-2-4(10(12,13)14)8(15)16-9(17)19/h2,5-7,18H,1,3H2,(H2,15,16,19). The fraction of sp³-hybridized carbons (Fsp3) is 0.600. The molecule has 0 bridgehead atoms. The van der Waals surface area contributed by atoms with Gasteiger partial charge < -0.3 is 15.6 Å². The molecule has 2 heterocycles. The predicted molar refractivity (Wildman–Crippen MR) is 58.4 cm³/mol. The van der Waals surface area contributed by atoms with Crippen LogP contribution in [0.2, 0.25) is 0 Å². The van der Waals surface area contributed by atoms with Crippen LogP contribution >= 0.6 is 0 Å². The molecule has 0 radical (unpaired) electrons. The minimum atomic E-state index is -4.80. The third-order valence-corrected chi connectivity index (χ3v) is 2.94. The van der Waals surface area contributed by atoms with Crippen molar-refractivity contribution in [2.24, 2.45) is 0 Å². The van der Waals surface area contributed by atoms with Crippen molar-refractivity contribution in [3.8, 4) is 0 Å². The molecule has 1 aromatic heterocycles. The van der Waals surface area contributed by atoms with Gasteiger partial charge in [0.25, 0.3) is 0 Å². The summed E-state index contributed by atoms with van der Waals surface area (Å²) in [5, 5.41) is 8.83. The van der Waals surface area contributed by atoms with Gasteiger partial charge in [0.2, 0.25) is 0 Å². The van der Waals surface area contributed by atoms with Crippen LogP contribution in [0.25, 0.3) is 0 Å². The lowest BCUT2D eigenvalue weighted by Crippen LogP contribution is -2.30. The van der Waals surface area contributed by atoms with E-state index in [0.717, 1.165) is 0 Å². The topological polar surface area (TPSA) is 90.4 Å². The molecule has 0 aliphatic carbocycles. The second-order valence-corrected chi connectivity index (χ2v) is 4.29. The van der Waals surface area contributed by atoms with Crippen molar-refractivity contribution in [1.82, 2.24) is 9.55 Å². The first-order chi connectivity index (χ1) is 9.24. The number of halogens is 4. The van der Waals surface area contributed by atoms with Gasteiger partial charge in [-0.2, -0.15) is 18.2 Å². The maximum atomic E-state index is 13.4. The number of alkyl halides is 4. The second kappa shape index (κ2) is 5.02. The van der Waals surface area contributed by atoms with Crippen LogP contribution in [0.1, 0.15) is 18.2 Å². The number of anilines is 1. The molecule has 0 aromatic carbocycles. The van der Waals surface area contributed by atoms with E-state index in [1.807, 2.05) is 0 Å². The van der Waals surface area contributed by atoms with Crippen molar-refractivity contribution in [3.63, 3.8) is 0 Å². The maximum Gasteiger partial charge on any atom is 0.421 e. The summed E-state index contributed by atoms with van der Waals surface area (Å²) in [6.07, 6.45) is -8.72. The number of aromatic nitrogens is 2. The van der Waals surface area contributed by atoms with E-state index in [1.165, 1.54) is 0 Å². The molecule has 3 atom stereocenters. The van der Waals surface area contributed by atoms with Crippen molar-refractivity contribution in [2.75, 3.05) is 12.3 Å². The molecule has 10 heteroatoms. The molecule has 1 saturated heterocycles. The summed E-state index contributed by atoms with van der Waals surface area (Å²) < 4.78 is 56.9. The Morgan fingerprint density at radius 1 is 1.55 bits per heavy atom. The first-order valence-electron chi connectivity index (χ1n) is 5.60. The largest absolute Gasteiger partial charge is 0.421 e. The van der Waals surface area contributed by atoms with E-state index in [0.29, 0.717) is 10.8 Å². The Kier molecular flexibility index (Phi) is 3.69. The molecule has 0 spiro atoms. The van der Waals surface area contributed by atoms with E-state index in [-0.39, 0.29) is 6.42 Å². The summed E-state index contributed by atoms with van der Waals surface area (Å²) in [5.41, 5.74) is 2.68. The van der Waals surface area contributed by atoms with Crippen molar-refractivity contribution in [2.45, 2.75) is 31.1 Å². The minimum Gasteiger partial charge on any atom is -0.394 e. The lowest BCUT2D eigenvalue weighted by molar-refractivity contribution is -0.138. The van der Waals surface area contributed by atoms with Crippen LogP contribution in [-0.2, 0) is 10.9 Å². The average molecular weight is 297 g/mol. The van der Waals surface area contributed by atoms with Gasteiger partial charge >= 0.3 is 11.9 Å². The van der Waals surface area contributed by atoms with Gasteiger partial charge in [-0.3, -0.25) is 4.57 Å². The first kappa shape index (κ1) is 14.7. The van der Waals surface area contributed by atoms with Crippen LogP contribution in [0.4, 0.5) is 23.4 Å². The van der Waals surface area contributed by atoms with Gasteiger partial charge in [0.15, 0.2) is 0 Å². The summed E-state index contributed by atoms with van der Waals surface area (Å²) in [4.78, 5) is 14.6. The van der Waals surface area contributed by atoms with Crippen LogP contribution in [0.3, 0.4) is 0 Å². The van der Waals surface area contributed by atoms with Gasteiger partial charge in [-0.15, -0.1) is 0 Å². The molecular weight excluding hydrogens is 286 g/mol. The molecule has 1 aliphatic rings. The monoisotopic (exact) mass is 297 g/mol. The van der Waals surface area contributed by atoms with Gasteiger partial charge in [-0.05, 0) is 0 Å². The molecule has 1 aliphatic heterocycles. The number of nitrogen functional groups attached to an aromatic ring is 1. The minimum absolute atomic E-state index is 0.353. The normalized spacial score (nSPS) is 26.9. The van der Waals surface area contributed by atoms with Crippen molar-refractivity contribution in [3.05, 3.63) is 22.2 Å². The first-order valence-corrected chi connectivity index (χ1v) is 5.60. The van der Waals surface area contributed by atoms with Gasteiger partial charge in [-0.25, -0.2) is 9.18 Å². The smallest absolute Gasteiger partial charge is 0.394 e. The average Bonchev–Trinajstić information content (AvgIpc) is 2.68. The molecule has 20 heavy (non-hydrogen) atoms. The lowest BCUT2D eigenvalue weighted by atomic mass is 10.2. The third-order valence-electron chi connectivity index (χ3n) is 2.94. The molecule has 2 rings (SSSR count). The number of hydrogen-bond donors (Lipinski definition) is 2. The van der Waals surface area contributed by atoms with Crippen LogP contribution in [0.5, 0.6) is 0 Å².